The van der Waals surface area contributed by atoms with E-state index in [9.17, 15) is 0 Å². The van der Waals surface area contributed by atoms with Crippen LogP contribution in [0.2, 0.25) is 0 Å². The van der Waals surface area contributed by atoms with Crippen LogP contribution in [0.5, 0.6) is 0 Å². The first-order chi connectivity index (χ1) is 7.86. The molecule has 2 nitrogen and oxygen atoms in total. The molecule has 3 heteroatoms. The minimum absolute atomic E-state index is 0. The Morgan fingerprint density at radius 2 is 1.24 bits per heavy atom. The van der Waals surface area contributed by atoms with Crippen molar-refractivity contribution in [3.05, 3.63) is 75.4 Å². The summed E-state index contributed by atoms with van der Waals surface area (Å²) in [6, 6.07) is 3.58. The smallest absolute Gasteiger partial charge is 0.192 e. The van der Waals surface area contributed by atoms with E-state index in [2.05, 4.69) is 0 Å². The van der Waals surface area contributed by atoms with Gasteiger partial charge in [-0.3, -0.25) is 0 Å². The topological polar surface area (TPSA) is 47.6 Å². The summed E-state index contributed by atoms with van der Waals surface area (Å²) in [5.74, 6) is 0.892. The van der Waals surface area contributed by atoms with E-state index < -0.39 is 0 Å². The van der Waals surface area contributed by atoms with Gasteiger partial charge in [0.25, 0.3) is 0 Å². The molecule has 0 aromatic rings. The SMILES string of the molecule is N#CC(C#N)=C[C]1[CH][CH][CH][CH]1.[CH]1[CH][CH][CH][CH]1.[Fe+2]. The van der Waals surface area contributed by atoms with Crippen LogP contribution in [0.15, 0.2) is 11.6 Å². The average molecular weight is 262 g/mol. The average Bonchev–Trinajstić information content (AvgIpc) is 3.01. The van der Waals surface area contributed by atoms with Crippen LogP contribution < -0.4 is 0 Å². The van der Waals surface area contributed by atoms with E-state index in [1.807, 2.05) is 57.8 Å². The van der Waals surface area contributed by atoms with Crippen LogP contribution in [0.3, 0.4) is 0 Å². The molecule has 10 radical (unpaired) electrons. The molecule has 17 heavy (non-hydrogen) atoms. The van der Waals surface area contributed by atoms with E-state index in [0.717, 1.165) is 5.92 Å². The van der Waals surface area contributed by atoms with Gasteiger partial charge < -0.3 is 0 Å². The molecule has 82 valence electrons. The number of allylic oxidation sites excluding steroid dienone is 2. The minimum Gasteiger partial charge on any atom is -0.192 e. The first kappa shape index (κ1) is 16.2. The summed E-state index contributed by atoms with van der Waals surface area (Å²) >= 11 is 0. The zero-order valence-corrected chi connectivity index (χ0v) is 10.1. The predicted octanol–water partition coefficient (Wildman–Crippen LogP) is 2.38. The fraction of sp³-hybridized carbons (Fsp3) is 0. The first-order valence-corrected chi connectivity index (χ1v) is 4.77. The van der Waals surface area contributed by atoms with Crippen LogP contribution in [0, 0.1) is 86.4 Å². The van der Waals surface area contributed by atoms with Gasteiger partial charge >= 0.3 is 17.1 Å². The summed E-state index contributed by atoms with van der Waals surface area (Å²) in [6.45, 7) is 0. The molecule has 2 aliphatic carbocycles. The number of hydrogen-bond donors (Lipinski definition) is 0. The second-order valence-electron chi connectivity index (χ2n) is 2.96. The van der Waals surface area contributed by atoms with E-state index in [4.69, 9.17) is 10.5 Å². The molecule has 0 bridgehead atoms. The number of nitriles is 2. The molecule has 0 aromatic carbocycles. The Morgan fingerprint density at radius 3 is 1.59 bits per heavy atom. The van der Waals surface area contributed by atoms with E-state index >= 15 is 0 Å². The fourth-order valence-corrected chi connectivity index (χ4v) is 1.06. The Labute approximate surface area is 115 Å². The second-order valence-corrected chi connectivity index (χ2v) is 2.96. The van der Waals surface area contributed by atoms with Crippen molar-refractivity contribution in [2.75, 3.05) is 0 Å². The third-order valence-corrected chi connectivity index (χ3v) is 1.80. The van der Waals surface area contributed by atoms with Crippen LogP contribution in [0.4, 0.5) is 0 Å². The molecule has 2 rings (SSSR count). The van der Waals surface area contributed by atoms with Crippen molar-refractivity contribution in [2.24, 2.45) is 0 Å². The molecule has 0 heterocycles. The molecule has 2 aliphatic rings. The van der Waals surface area contributed by atoms with Gasteiger partial charge in [0.05, 0.1) is 0 Å². The van der Waals surface area contributed by atoms with Gasteiger partial charge in [-0.2, -0.15) is 10.5 Å². The summed E-state index contributed by atoms with van der Waals surface area (Å²) in [4.78, 5) is 0. The van der Waals surface area contributed by atoms with Crippen molar-refractivity contribution in [3.63, 3.8) is 0 Å². The van der Waals surface area contributed by atoms with Gasteiger partial charge in [-0.1, -0.05) is 0 Å². The van der Waals surface area contributed by atoms with Crippen molar-refractivity contribution in [1.82, 2.24) is 0 Å². The van der Waals surface area contributed by atoms with Crippen molar-refractivity contribution in [2.45, 2.75) is 0 Å². The Kier molecular flexibility index (Phi) is 9.93. The zero-order chi connectivity index (χ0) is 11.6. The van der Waals surface area contributed by atoms with Crippen molar-refractivity contribution < 1.29 is 17.1 Å². The molecule has 2 fully saturated rings. The molecule has 2 saturated carbocycles. The molecular weight excluding hydrogens is 252 g/mol. The van der Waals surface area contributed by atoms with E-state index in [-0.39, 0.29) is 22.6 Å². The molecule has 0 atom stereocenters. The van der Waals surface area contributed by atoms with E-state index in [0.29, 0.717) is 0 Å². The molecule has 0 spiro atoms. The van der Waals surface area contributed by atoms with Gasteiger partial charge in [-0.25, -0.2) is 0 Å². The first-order valence-electron chi connectivity index (χ1n) is 4.77. The van der Waals surface area contributed by atoms with Gasteiger partial charge in [0.2, 0.25) is 0 Å². The van der Waals surface area contributed by atoms with Crippen LogP contribution in [-0.4, -0.2) is 0 Å². The minimum atomic E-state index is 0. The Bertz CT molecular complexity index is 276. The summed E-state index contributed by atoms with van der Waals surface area (Å²) < 4.78 is 0. The Balaban J connectivity index is 0.000000360. The summed E-state index contributed by atoms with van der Waals surface area (Å²) in [5.41, 5.74) is 0.135. The summed E-state index contributed by atoms with van der Waals surface area (Å²) in [5, 5.41) is 16.8. The van der Waals surface area contributed by atoms with Gasteiger partial charge in [0.15, 0.2) is 0 Å². The standard InChI is InChI=1S/C9H5N2.C5H5.Fe/c10-6-9(7-11)5-8-3-1-2-4-8;1-2-4-5-3-1;/h1-5H;1-5H;/q;;+2. The van der Waals surface area contributed by atoms with Crippen molar-refractivity contribution in [1.29, 1.82) is 10.5 Å². The number of rotatable bonds is 1. The summed E-state index contributed by atoms with van der Waals surface area (Å²) in [6.07, 6.45) is 19.0. The normalized spacial score (nSPS) is 18.0. The maximum atomic E-state index is 8.38. The van der Waals surface area contributed by atoms with Crippen LogP contribution >= 0.6 is 0 Å². The quantitative estimate of drug-likeness (QED) is 0.538. The van der Waals surface area contributed by atoms with E-state index in [1.165, 1.54) is 0 Å². The van der Waals surface area contributed by atoms with Gasteiger partial charge in [-0.15, -0.1) is 0 Å². The second kappa shape index (κ2) is 10.4. The van der Waals surface area contributed by atoms with Gasteiger partial charge in [-0.05, 0) is 63.9 Å². The monoisotopic (exact) mass is 262 g/mol. The predicted molar refractivity (Wildman–Crippen MR) is 61.3 cm³/mol. The molecule has 0 aliphatic heterocycles. The number of nitrogens with zero attached hydrogens (tertiary/aromatic N) is 2. The maximum absolute atomic E-state index is 8.38. The van der Waals surface area contributed by atoms with Gasteiger partial charge in [0.1, 0.15) is 17.7 Å². The molecule has 0 saturated heterocycles. The molecule has 0 unspecified atom stereocenters. The Hall–Kier alpha value is -0.761. The summed E-state index contributed by atoms with van der Waals surface area (Å²) in [7, 11) is 0. The van der Waals surface area contributed by atoms with Crippen LogP contribution in [0.1, 0.15) is 0 Å². The Morgan fingerprint density at radius 1 is 0.824 bits per heavy atom. The van der Waals surface area contributed by atoms with Crippen molar-refractivity contribution >= 4 is 0 Å². The molecule has 0 amide bonds. The fourth-order valence-electron chi connectivity index (χ4n) is 1.06. The van der Waals surface area contributed by atoms with Crippen molar-refractivity contribution in [3.8, 4) is 12.1 Å². The largest absolute Gasteiger partial charge is 2.00 e. The molecular formula is C14H10FeN2+2. The van der Waals surface area contributed by atoms with Gasteiger partial charge in [0, 0.05) is 5.92 Å². The molecule has 0 aromatic heterocycles. The van der Waals surface area contributed by atoms with Crippen LogP contribution in [-0.2, 0) is 17.1 Å². The molecule has 0 N–H and O–H groups in total. The maximum Gasteiger partial charge on any atom is 2.00 e. The third kappa shape index (κ3) is 7.22. The van der Waals surface area contributed by atoms with E-state index in [1.54, 1.807) is 18.2 Å². The number of hydrogen-bond acceptors (Lipinski definition) is 2. The zero-order valence-electron chi connectivity index (χ0n) is 9.02. The van der Waals surface area contributed by atoms with Crippen LogP contribution in [0.25, 0.3) is 0 Å². The third-order valence-electron chi connectivity index (χ3n) is 1.80.